The molecule has 0 bridgehead atoms. The second-order valence-electron chi connectivity index (χ2n) is 4.44. The number of benzene rings is 1. The predicted molar refractivity (Wildman–Crippen MR) is 67.9 cm³/mol. The standard InChI is InChI=1S/C14H13ClO3/c15-14-12(6-7-17-14)13(16)9-2-1-3-11(8-9)18-10-4-5-10/h1-3,6-8,10,13,16H,4-5H2. The molecule has 0 aliphatic heterocycles. The Hall–Kier alpha value is -1.45. The zero-order valence-corrected chi connectivity index (χ0v) is 10.4. The molecule has 0 spiro atoms. The van der Waals surface area contributed by atoms with Crippen LogP contribution in [0.15, 0.2) is 41.0 Å². The first kappa shape index (κ1) is 11.6. The summed E-state index contributed by atoms with van der Waals surface area (Å²) in [7, 11) is 0. The normalized spacial score (nSPS) is 16.6. The molecule has 18 heavy (non-hydrogen) atoms. The van der Waals surface area contributed by atoms with Gasteiger partial charge in [-0.05, 0) is 48.2 Å². The zero-order valence-electron chi connectivity index (χ0n) is 9.67. The van der Waals surface area contributed by atoms with Crippen molar-refractivity contribution in [2.24, 2.45) is 0 Å². The summed E-state index contributed by atoms with van der Waals surface area (Å²) in [5, 5.41) is 10.5. The molecule has 1 unspecified atom stereocenters. The maximum atomic E-state index is 10.2. The highest BCUT2D eigenvalue weighted by Gasteiger charge is 2.24. The third-order valence-corrected chi connectivity index (χ3v) is 3.25. The lowest BCUT2D eigenvalue weighted by Gasteiger charge is -2.11. The SMILES string of the molecule is OC(c1cccc(OC2CC2)c1)c1ccoc1Cl. The number of hydrogen-bond donors (Lipinski definition) is 1. The van der Waals surface area contributed by atoms with Crippen LogP contribution in [0, 0.1) is 0 Å². The van der Waals surface area contributed by atoms with Gasteiger partial charge in [-0.3, -0.25) is 0 Å². The molecular formula is C14H13ClO3. The van der Waals surface area contributed by atoms with E-state index >= 15 is 0 Å². The number of ether oxygens (including phenoxy) is 1. The molecule has 1 saturated carbocycles. The molecule has 1 heterocycles. The van der Waals surface area contributed by atoms with Gasteiger partial charge in [0.2, 0.25) is 0 Å². The fourth-order valence-electron chi connectivity index (χ4n) is 1.82. The lowest BCUT2D eigenvalue weighted by atomic mass is 10.0. The van der Waals surface area contributed by atoms with E-state index in [9.17, 15) is 5.11 Å². The van der Waals surface area contributed by atoms with E-state index in [0.29, 0.717) is 11.7 Å². The van der Waals surface area contributed by atoms with Gasteiger partial charge in [-0.1, -0.05) is 12.1 Å². The smallest absolute Gasteiger partial charge is 0.199 e. The lowest BCUT2D eigenvalue weighted by molar-refractivity contribution is 0.218. The molecule has 1 aromatic heterocycles. The molecule has 1 aliphatic carbocycles. The average molecular weight is 265 g/mol. The number of furan rings is 1. The Kier molecular flexibility index (Phi) is 3.02. The Morgan fingerprint density at radius 1 is 1.33 bits per heavy atom. The van der Waals surface area contributed by atoms with E-state index in [2.05, 4.69) is 0 Å². The molecule has 1 N–H and O–H groups in total. The van der Waals surface area contributed by atoms with Crippen LogP contribution in [0.3, 0.4) is 0 Å². The van der Waals surface area contributed by atoms with E-state index in [1.165, 1.54) is 6.26 Å². The Morgan fingerprint density at radius 2 is 2.17 bits per heavy atom. The Bertz CT molecular complexity index is 545. The third kappa shape index (κ3) is 2.37. The van der Waals surface area contributed by atoms with Crippen molar-refractivity contribution in [1.29, 1.82) is 0 Å². The van der Waals surface area contributed by atoms with Gasteiger partial charge in [0.05, 0.1) is 12.4 Å². The van der Waals surface area contributed by atoms with E-state index < -0.39 is 6.10 Å². The van der Waals surface area contributed by atoms with Gasteiger partial charge in [-0.25, -0.2) is 0 Å². The van der Waals surface area contributed by atoms with Crippen LogP contribution in [0.4, 0.5) is 0 Å². The maximum absolute atomic E-state index is 10.2. The van der Waals surface area contributed by atoms with Crippen molar-refractivity contribution in [1.82, 2.24) is 0 Å². The molecule has 2 aromatic rings. The van der Waals surface area contributed by atoms with E-state index in [1.807, 2.05) is 24.3 Å². The summed E-state index contributed by atoms with van der Waals surface area (Å²) in [4.78, 5) is 0. The van der Waals surface area contributed by atoms with Crippen molar-refractivity contribution < 1.29 is 14.3 Å². The highest BCUT2D eigenvalue weighted by atomic mass is 35.5. The van der Waals surface area contributed by atoms with Crippen molar-refractivity contribution in [2.45, 2.75) is 25.0 Å². The Morgan fingerprint density at radius 3 is 2.83 bits per heavy atom. The van der Waals surface area contributed by atoms with E-state index in [0.717, 1.165) is 24.2 Å². The van der Waals surface area contributed by atoms with Crippen LogP contribution in [-0.4, -0.2) is 11.2 Å². The maximum Gasteiger partial charge on any atom is 0.199 e. The van der Waals surface area contributed by atoms with E-state index in [1.54, 1.807) is 6.07 Å². The molecule has 1 aromatic carbocycles. The van der Waals surface area contributed by atoms with Crippen LogP contribution in [0.2, 0.25) is 5.22 Å². The molecule has 94 valence electrons. The largest absolute Gasteiger partial charge is 0.490 e. The molecule has 1 fully saturated rings. The Balaban J connectivity index is 1.84. The van der Waals surface area contributed by atoms with Crippen LogP contribution < -0.4 is 4.74 Å². The minimum atomic E-state index is -0.793. The number of rotatable bonds is 4. The topological polar surface area (TPSA) is 42.6 Å². The third-order valence-electron chi connectivity index (χ3n) is 2.94. The highest BCUT2D eigenvalue weighted by Crippen LogP contribution is 2.32. The van der Waals surface area contributed by atoms with Crippen molar-refractivity contribution in [3.8, 4) is 5.75 Å². The van der Waals surface area contributed by atoms with E-state index in [4.69, 9.17) is 20.8 Å². The molecule has 0 saturated heterocycles. The molecule has 0 amide bonds. The van der Waals surface area contributed by atoms with Crippen LogP contribution in [0.25, 0.3) is 0 Å². The van der Waals surface area contributed by atoms with Gasteiger partial charge in [0.15, 0.2) is 5.22 Å². The molecular weight excluding hydrogens is 252 g/mol. The van der Waals surface area contributed by atoms with Gasteiger partial charge in [0.25, 0.3) is 0 Å². The molecule has 4 heteroatoms. The summed E-state index contributed by atoms with van der Waals surface area (Å²) in [6.45, 7) is 0. The fraction of sp³-hybridized carbons (Fsp3) is 0.286. The molecule has 1 aliphatic rings. The zero-order chi connectivity index (χ0) is 12.5. The second kappa shape index (κ2) is 4.67. The average Bonchev–Trinajstić information content (AvgIpc) is 3.08. The van der Waals surface area contributed by atoms with Crippen molar-refractivity contribution >= 4 is 11.6 Å². The van der Waals surface area contributed by atoms with Gasteiger partial charge in [0, 0.05) is 5.56 Å². The summed E-state index contributed by atoms with van der Waals surface area (Å²) in [6.07, 6.45) is 3.24. The van der Waals surface area contributed by atoms with Crippen molar-refractivity contribution in [3.63, 3.8) is 0 Å². The first-order valence-corrected chi connectivity index (χ1v) is 6.29. The second-order valence-corrected chi connectivity index (χ2v) is 4.79. The van der Waals surface area contributed by atoms with E-state index in [-0.39, 0.29) is 5.22 Å². The fourth-order valence-corrected chi connectivity index (χ4v) is 2.03. The first-order valence-electron chi connectivity index (χ1n) is 5.91. The number of hydrogen-bond acceptors (Lipinski definition) is 3. The van der Waals surface area contributed by atoms with Crippen molar-refractivity contribution in [3.05, 3.63) is 52.9 Å². The molecule has 1 atom stereocenters. The van der Waals surface area contributed by atoms with Gasteiger partial charge in [-0.2, -0.15) is 0 Å². The molecule has 3 nitrogen and oxygen atoms in total. The summed E-state index contributed by atoms with van der Waals surface area (Å²) < 4.78 is 10.7. The van der Waals surface area contributed by atoms with Crippen molar-refractivity contribution in [2.75, 3.05) is 0 Å². The summed E-state index contributed by atoms with van der Waals surface area (Å²) in [5.74, 6) is 0.786. The summed E-state index contributed by atoms with van der Waals surface area (Å²) in [5.41, 5.74) is 1.32. The van der Waals surface area contributed by atoms with Crippen LogP contribution in [-0.2, 0) is 0 Å². The molecule has 0 radical (unpaired) electrons. The monoisotopic (exact) mass is 264 g/mol. The van der Waals surface area contributed by atoms with Gasteiger partial charge < -0.3 is 14.3 Å². The minimum Gasteiger partial charge on any atom is -0.490 e. The van der Waals surface area contributed by atoms with Crippen LogP contribution in [0.5, 0.6) is 5.75 Å². The van der Waals surface area contributed by atoms with Gasteiger partial charge in [0.1, 0.15) is 11.9 Å². The number of aliphatic hydroxyl groups excluding tert-OH is 1. The highest BCUT2D eigenvalue weighted by molar-refractivity contribution is 6.29. The van der Waals surface area contributed by atoms with Crippen LogP contribution in [0.1, 0.15) is 30.1 Å². The Labute approximate surface area is 110 Å². The quantitative estimate of drug-likeness (QED) is 0.918. The minimum absolute atomic E-state index is 0.219. The number of aliphatic hydroxyl groups is 1. The summed E-state index contributed by atoms with van der Waals surface area (Å²) in [6, 6.07) is 9.11. The summed E-state index contributed by atoms with van der Waals surface area (Å²) >= 11 is 5.86. The van der Waals surface area contributed by atoms with Gasteiger partial charge >= 0.3 is 0 Å². The number of halogens is 1. The predicted octanol–water partition coefficient (Wildman–Crippen LogP) is 3.56. The molecule has 3 rings (SSSR count). The lowest BCUT2D eigenvalue weighted by Crippen LogP contribution is -2.01. The first-order chi connectivity index (χ1) is 8.74. The van der Waals surface area contributed by atoms with Gasteiger partial charge in [-0.15, -0.1) is 0 Å². The van der Waals surface area contributed by atoms with Crippen LogP contribution >= 0.6 is 11.6 Å².